The minimum Gasteiger partial charge on any atom is -0.462 e. The van der Waals surface area contributed by atoms with E-state index in [1.54, 1.807) is 30.5 Å². The summed E-state index contributed by atoms with van der Waals surface area (Å²) in [6.45, 7) is 4.71. The molecule has 2 rings (SSSR count). The second-order valence-corrected chi connectivity index (χ2v) is 4.86. The number of nitrogens with one attached hydrogen (secondary N) is 1. The van der Waals surface area contributed by atoms with Gasteiger partial charge in [-0.25, -0.2) is 9.78 Å². The Kier molecular flexibility index (Phi) is 4.46. The maximum Gasteiger partial charge on any atom is 0.339 e. The van der Waals surface area contributed by atoms with Crippen LogP contribution in [-0.2, 0) is 11.3 Å². The average molecular weight is 277 g/mol. The topological polar surface area (TPSA) is 64.1 Å². The van der Waals surface area contributed by atoms with Crippen LogP contribution in [0.1, 0.15) is 28.0 Å². The first-order valence-electron chi connectivity index (χ1n) is 5.96. The van der Waals surface area contributed by atoms with Crippen LogP contribution in [-0.4, -0.2) is 22.5 Å². The summed E-state index contributed by atoms with van der Waals surface area (Å²) in [6.07, 6.45) is 3.17. The van der Waals surface area contributed by atoms with Gasteiger partial charge in [-0.3, -0.25) is 4.98 Å². The molecule has 6 heteroatoms. The van der Waals surface area contributed by atoms with Crippen molar-refractivity contribution in [1.82, 2.24) is 9.97 Å². The quantitative estimate of drug-likeness (QED) is 0.851. The van der Waals surface area contributed by atoms with Crippen molar-refractivity contribution in [1.29, 1.82) is 0 Å². The van der Waals surface area contributed by atoms with Crippen molar-refractivity contribution < 1.29 is 9.53 Å². The van der Waals surface area contributed by atoms with Crippen LogP contribution in [0.25, 0.3) is 0 Å². The molecule has 19 heavy (non-hydrogen) atoms. The molecule has 0 radical (unpaired) electrons. The van der Waals surface area contributed by atoms with Crippen LogP contribution < -0.4 is 5.32 Å². The molecule has 2 heterocycles. The van der Waals surface area contributed by atoms with Gasteiger partial charge in [-0.15, -0.1) is 11.3 Å². The molecule has 2 aromatic heterocycles. The zero-order valence-electron chi connectivity index (χ0n) is 10.8. The fourth-order valence-electron chi connectivity index (χ4n) is 1.52. The monoisotopic (exact) mass is 277 g/mol. The summed E-state index contributed by atoms with van der Waals surface area (Å²) in [5.41, 5.74) is 2.24. The number of carbonyl (C=O) groups excluding carboxylic acids is 1. The molecule has 0 fully saturated rings. The number of nitrogens with zero attached hydrogens (tertiary/aromatic N) is 2. The van der Waals surface area contributed by atoms with E-state index in [0.29, 0.717) is 18.7 Å². The highest BCUT2D eigenvalue weighted by Crippen LogP contribution is 2.13. The Morgan fingerprint density at radius 1 is 1.47 bits per heavy atom. The van der Waals surface area contributed by atoms with Crippen LogP contribution >= 0.6 is 11.3 Å². The first-order chi connectivity index (χ1) is 9.19. The third-order valence-electron chi connectivity index (χ3n) is 2.36. The van der Waals surface area contributed by atoms with Crippen molar-refractivity contribution >= 4 is 23.0 Å². The molecule has 0 saturated heterocycles. The van der Waals surface area contributed by atoms with E-state index in [1.807, 2.05) is 12.3 Å². The van der Waals surface area contributed by atoms with Crippen LogP contribution in [0.15, 0.2) is 23.8 Å². The van der Waals surface area contributed by atoms with Gasteiger partial charge in [0, 0.05) is 23.5 Å². The zero-order valence-corrected chi connectivity index (χ0v) is 11.7. The van der Waals surface area contributed by atoms with E-state index >= 15 is 0 Å². The Morgan fingerprint density at radius 3 is 3.00 bits per heavy atom. The summed E-state index contributed by atoms with van der Waals surface area (Å²) in [5, 5.41) is 6.19. The molecule has 0 unspecified atom stereocenters. The van der Waals surface area contributed by atoms with Gasteiger partial charge in [0.05, 0.1) is 24.4 Å². The van der Waals surface area contributed by atoms with Crippen molar-refractivity contribution in [2.75, 3.05) is 11.9 Å². The molecular weight excluding hydrogens is 262 g/mol. The lowest BCUT2D eigenvalue weighted by Crippen LogP contribution is -2.06. The standard InChI is InChI=1S/C13H15N3O2S/c1-3-18-13(17)10-4-11(6-14-5-10)15-7-12-16-9(2)8-19-12/h4-6,8,15H,3,7H2,1-2H3. The van der Waals surface area contributed by atoms with Crippen LogP contribution in [0.2, 0.25) is 0 Å². The molecule has 0 aliphatic heterocycles. The number of ether oxygens (including phenoxy) is 1. The highest BCUT2D eigenvalue weighted by Gasteiger charge is 2.07. The molecule has 0 aliphatic rings. The highest BCUT2D eigenvalue weighted by molar-refractivity contribution is 7.09. The smallest absolute Gasteiger partial charge is 0.339 e. The van der Waals surface area contributed by atoms with Crippen LogP contribution in [0, 0.1) is 6.92 Å². The SMILES string of the molecule is CCOC(=O)c1cncc(NCc2nc(C)cs2)c1. The Bertz CT molecular complexity index is 569. The summed E-state index contributed by atoms with van der Waals surface area (Å²) in [4.78, 5) is 20.0. The van der Waals surface area contributed by atoms with Gasteiger partial charge in [0.2, 0.25) is 0 Å². The minimum atomic E-state index is -0.358. The van der Waals surface area contributed by atoms with E-state index in [4.69, 9.17) is 4.74 Å². The first-order valence-corrected chi connectivity index (χ1v) is 6.84. The number of hydrogen-bond donors (Lipinski definition) is 1. The molecular formula is C13H15N3O2S. The molecule has 100 valence electrons. The molecule has 2 aromatic rings. The molecule has 1 N–H and O–H groups in total. The van der Waals surface area contributed by atoms with Gasteiger partial charge in [-0.05, 0) is 19.9 Å². The third-order valence-corrected chi connectivity index (χ3v) is 3.33. The Balaban J connectivity index is 2.00. The Hall–Kier alpha value is -1.95. The van der Waals surface area contributed by atoms with E-state index in [0.717, 1.165) is 16.4 Å². The van der Waals surface area contributed by atoms with Gasteiger partial charge in [-0.2, -0.15) is 0 Å². The van der Waals surface area contributed by atoms with E-state index in [9.17, 15) is 4.79 Å². The number of esters is 1. The molecule has 0 bridgehead atoms. The Morgan fingerprint density at radius 2 is 2.32 bits per heavy atom. The normalized spacial score (nSPS) is 10.2. The lowest BCUT2D eigenvalue weighted by molar-refractivity contribution is 0.0526. The number of anilines is 1. The second kappa shape index (κ2) is 6.29. The van der Waals surface area contributed by atoms with Crippen molar-refractivity contribution in [2.45, 2.75) is 20.4 Å². The summed E-state index contributed by atoms with van der Waals surface area (Å²) in [5.74, 6) is -0.358. The second-order valence-electron chi connectivity index (χ2n) is 3.92. The lowest BCUT2D eigenvalue weighted by Gasteiger charge is -2.06. The van der Waals surface area contributed by atoms with Gasteiger partial charge in [0.15, 0.2) is 0 Å². The highest BCUT2D eigenvalue weighted by atomic mass is 32.1. The van der Waals surface area contributed by atoms with Crippen LogP contribution in [0.3, 0.4) is 0 Å². The summed E-state index contributed by atoms with van der Waals surface area (Å²) < 4.78 is 4.93. The van der Waals surface area contributed by atoms with Crippen molar-refractivity contribution in [2.24, 2.45) is 0 Å². The maximum atomic E-state index is 11.6. The van der Waals surface area contributed by atoms with Crippen molar-refractivity contribution in [3.8, 4) is 0 Å². The predicted molar refractivity (Wildman–Crippen MR) is 74.4 cm³/mol. The number of thiazole rings is 1. The number of hydrogen-bond acceptors (Lipinski definition) is 6. The zero-order chi connectivity index (χ0) is 13.7. The fourth-order valence-corrected chi connectivity index (χ4v) is 2.24. The van der Waals surface area contributed by atoms with Gasteiger partial charge >= 0.3 is 5.97 Å². The summed E-state index contributed by atoms with van der Waals surface area (Å²) in [7, 11) is 0. The van der Waals surface area contributed by atoms with E-state index < -0.39 is 0 Å². The minimum absolute atomic E-state index is 0.356. The number of rotatable bonds is 5. The molecule has 0 spiro atoms. The fraction of sp³-hybridized carbons (Fsp3) is 0.308. The maximum absolute atomic E-state index is 11.6. The van der Waals surface area contributed by atoms with Crippen LogP contribution in [0.4, 0.5) is 5.69 Å². The largest absolute Gasteiger partial charge is 0.462 e. The van der Waals surface area contributed by atoms with Crippen molar-refractivity contribution in [3.05, 3.63) is 40.1 Å². The predicted octanol–water partition coefficient (Wildman–Crippen LogP) is 2.64. The third kappa shape index (κ3) is 3.75. The van der Waals surface area contributed by atoms with Crippen LogP contribution in [0.5, 0.6) is 0 Å². The lowest BCUT2D eigenvalue weighted by atomic mass is 10.2. The van der Waals surface area contributed by atoms with E-state index in [1.165, 1.54) is 6.20 Å². The first kappa shape index (κ1) is 13.5. The number of carbonyl (C=O) groups is 1. The van der Waals surface area contributed by atoms with Gasteiger partial charge in [0.25, 0.3) is 0 Å². The summed E-state index contributed by atoms with van der Waals surface area (Å²) >= 11 is 1.60. The van der Waals surface area contributed by atoms with E-state index in [-0.39, 0.29) is 5.97 Å². The number of aryl methyl sites for hydroxylation is 1. The molecule has 0 amide bonds. The molecule has 0 aliphatic carbocycles. The molecule has 0 atom stereocenters. The van der Waals surface area contributed by atoms with Gasteiger partial charge < -0.3 is 10.1 Å². The van der Waals surface area contributed by atoms with E-state index in [2.05, 4.69) is 15.3 Å². The average Bonchev–Trinajstić information content (AvgIpc) is 2.83. The molecule has 5 nitrogen and oxygen atoms in total. The van der Waals surface area contributed by atoms with Gasteiger partial charge in [0.1, 0.15) is 5.01 Å². The van der Waals surface area contributed by atoms with Crippen molar-refractivity contribution in [3.63, 3.8) is 0 Å². The summed E-state index contributed by atoms with van der Waals surface area (Å²) in [6, 6.07) is 1.73. The Labute approximate surface area is 115 Å². The van der Waals surface area contributed by atoms with Gasteiger partial charge in [-0.1, -0.05) is 0 Å². The molecule has 0 aromatic carbocycles. The number of pyridine rings is 1. The molecule has 0 saturated carbocycles. The number of aromatic nitrogens is 2.